The molecule has 0 saturated heterocycles. The van der Waals surface area contributed by atoms with Crippen molar-refractivity contribution in [3.05, 3.63) is 28.9 Å². The molecule has 6 nitrogen and oxygen atoms in total. The molecule has 0 amide bonds. The summed E-state index contributed by atoms with van der Waals surface area (Å²) < 4.78 is 4.67. The molecule has 1 aliphatic rings. The average Bonchev–Trinajstić information content (AvgIpc) is 3.27. The molecule has 7 heteroatoms. The lowest BCUT2D eigenvalue weighted by molar-refractivity contribution is 0.0601. The molecular formula is C14H14ClN3O3. The van der Waals surface area contributed by atoms with Crippen molar-refractivity contribution in [2.45, 2.75) is 18.4 Å². The molecule has 0 spiro atoms. The summed E-state index contributed by atoms with van der Waals surface area (Å²) in [6.45, 7) is 0.0321. The fourth-order valence-corrected chi connectivity index (χ4v) is 2.26. The number of fused-ring (bicyclic) bond motifs is 1. The number of ether oxygens (including phenoxy) is 1. The number of esters is 1. The molecule has 3 rings (SSSR count). The van der Waals surface area contributed by atoms with Crippen LogP contribution in [0.1, 0.15) is 23.2 Å². The number of nitrogens with one attached hydrogen (secondary N) is 1. The summed E-state index contributed by atoms with van der Waals surface area (Å²) in [5.41, 5.74) is 1.20. The van der Waals surface area contributed by atoms with Crippen LogP contribution in [0.3, 0.4) is 0 Å². The van der Waals surface area contributed by atoms with Crippen LogP contribution >= 0.6 is 11.6 Å². The molecule has 110 valence electrons. The number of methoxy groups -OCH3 is 1. The monoisotopic (exact) mass is 307 g/mol. The van der Waals surface area contributed by atoms with E-state index in [4.69, 9.17) is 11.6 Å². The molecule has 0 bridgehead atoms. The smallest absolute Gasteiger partial charge is 0.337 e. The maximum atomic E-state index is 11.5. The van der Waals surface area contributed by atoms with E-state index in [2.05, 4.69) is 20.0 Å². The number of carbonyl (C=O) groups is 1. The number of aliphatic hydroxyl groups is 1. The van der Waals surface area contributed by atoms with Gasteiger partial charge in [-0.05, 0) is 31.0 Å². The number of nitrogens with zero attached hydrogens (tertiary/aromatic N) is 2. The second-order valence-electron chi connectivity index (χ2n) is 5.12. The SMILES string of the molecule is COC(=O)c1ccc2nc(NC3(CO)CC3)c(Cl)nc2c1. The number of carbonyl (C=O) groups excluding carboxylic acids is 1. The highest BCUT2D eigenvalue weighted by molar-refractivity contribution is 6.32. The van der Waals surface area contributed by atoms with Gasteiger partial charge in [0.2, 0.25) is 0 Å². The van der Waals surface area contributed by atoms with Crippen molar-refractivity contribution in [2.75, 3.05) is 19.0 Å². The Labute approximate surface area is 126 Å². The van der Waals surface area contributed by atoms with Crippen LogP contribution in [0.5, 0.6) is 0 Å². The van der Waals surface area contributed by atoms with Crippen LogP contribution in [0, 0.1) is 0 Å². The molecule has 0 aliphatic heterocycles. The molecule has 1 aromatic carbocycles. The summed E-state index contributed by atoms with van der Waals surface area (Å²) in [5, 5.41) is 12.7. The number of hydrogen-bond acceptors (Lipinski definition) is 6. The highest BCUT2D eigenvalue weighted by Gasteiger charge is 2.42. The summed E-state index contributed by atoms with van der Waals surface area (Å²) in [5.74, 6) is 0.00997. The van der Waals surface area contributed by atoms with Crippen LogP contribution in [0.15, 0.2) is 18.2 Å². The molecule has 1 saturated carbocycles. The Kier molecular flexibility index (Phi) is 3.43. The van der Waals surface area contributed by atoms with E-state index in [1.807, 2.05) is 0 Å². The summed E-state index contributed by atoms with van der Waals surface area (Å²) in [7, 11) is 1.32. The minimum atomic E-state index is -0.436. The third-order valence-electron chi connectivity index (χ3n) is 3.58. The Morgan fingerprint density at radius 3 is 2.81 bits per heavy atom. The van der Waals surface area contributed by atoms with E-state index in [9.17, 15) is 9.90 Å². The zero-order valence-corrected chi connectivity index (χ0v) is 12.1. The number of halogens is 1. The van der Waals surface area contributed by atoms with Gasteiger partial charge in [0.25, 0.3) is 0 Å². The first-order valence-corrected chi connectivity index (χ1v) is 6.89. The van der Waals surface area contributed by atoms with Crippen molar-refractivity contribution < 1.29 is 14.6 Å². The van der Waals surface area contributed by atoms with E-state index in [1.54, 1.807) is 18.2 Å². The lowest BCUT2D eigenvalue weighted by Gasteiger charge is -2.16. The quantitative estimate of drug-likeness (QED) is 0.841. The van der Waals surface area contributed by atoms with Crippen LogP contribution in [0.4, 0.5) is 5.82 Å². The second-order valence-corrected chi connectivity index (χ2v) is 5.48. The number of anilines is 1. The van der Waals surface area contributed by atoms with Gasteiger partial charge < -0.3 is 15.2 Å². The van der Waals surface area contributed by atoms with E-state index >= 15 is 0 Å². The Balaban J connectivity index is 1.98. The third kappa shape index (κ3) is 2.64. The van der Waals surface area contributed by atoms with E-state index < -0.39 is 5.97 Å². The van der Waals surface area contributed by atoms with E-state index in [1.165, 1.54) is 7.11 Å². The van der Waals surface area contributed by atoms with Gasteiger partial charge in [0.05, 0.1) is 35.9 Å². The van der Waals surface area contributed by atoms with Gasteiger partial charge in [-0.1, -0.05) is 11.6 Å². The zero-order chi connectivity index (χ0) is 15.0. The molecular weight excluding hydrogens is 294 g/mol. The highest BCUT2D eigenvalue weighted by atomic mass is 35.5. The minimum Gasteiger partial charge on any atom is -0.465 e. The standard InChI is InChI=1S/C14H14ClN3O3/c1-21-13(20)8-2-3-9-10(6-8)16-11(15)12(17-9)18-14(7-19)4-5-14/h2-3,6,19H,4-5,7H2,1H3,(H,17,18). The van der Waals surface area contributed by atoms with Gasteiger partial charge in [0.1, 0.15) is 0 Å². The van der Waals surface area contributed by atoms with Crippen molar-refractivity contribution in [3.8, 4) is 0 Å². The lowest BCUT2D eigenvalue weighted by atomic mass is 10.2. The molecule has 0 radical (unpaired) electrons. The average molecular weight is 308 g/mol. The largest absolute Gasteiger partial charge is 0.465 e. The van der Waals surface area contributed by atoms with Crippen molar-refractivity contribution >= 4 is 34.4 Å². The Bertz CT molecular complexity index is 716. The first kappa shape index (κ1) is 14.0. The van der Waals surface area contributed by atoms with Crippen molar-refractivity contribution in [1.29, 1.82) is 0 Å². The fourth-order valence-electron chi connectivity index (χ4n) is 2.08. The maximum absolute atomic E-state index is 11.5. The molecule has 2 N–H and O–H groups in total. The summed E-state index contributed by atoms with van der Waals surface area (Å²) in [4.78, 5) is 20.2. The molecule has 1 aliphatic carbocycles. The van der Waals surface area contributed by atoms with Crippen LogP contribution < -0.4 is 5.32 Å². The van der Waals surface area contributed by atoms with Gasteiger partial charge in [-0.25, -0.2) is 14.8 Å². The summed E-state index contributed by atoms with van der Waals surface area (Å²) >= 11 is 6.13. The van der Waals surface area contributed by atoms with E-state index in [0.29, 0.717) is 22.4 Å². The Morgan fingerprint density at radius 1 is 1.43 bits per heavy atom. The number of aromatic nitrogens is 2. The molecule has 21 heavy (non-hydrogen) atoms. The van der Waals surface area contributed by atoms with E-state index in [0.717, 1.165) is 12.8 Å². The van der Waals surface area contributed by atoms with Crippen LogP contribution in [-0.2, 0) is 4.74 Å². The van der Waals surface area contributed by atoms with Gasteiger partial charge in [-0.2, -0.15) is 0 Å². The first-order valence-electron chi connectivity index (χ1n) is 6.51. The van der Waals surface area contributed by atoms with Crippen LogP contribution in [-0.4, -0.2) is 40.3 Å². The summed E-state index contributed by atoms with van der Waals surface area (Å²) in [6, 6.07) is 4.90. The number of benzene rings is 1. The van der Waals surface area contributed by atoms with Gasteiger partial charge >= 0.3 is 5.97 Å². The van der Waals surface area contributed by atoms with Gasteiger partial charge in [0.15, 0.2) is 11.0 Å². The number of aliphatic hydroxyl groups excluding tert-OH is 1. The number of hydrogen-bond donors (Lipinski definition) is 2. The molecule has 0 atom stereocenters. The second kappa shape index (κ2) is 5.13. The van der Waals surface area contributed by atoms with Crippen molar-refractivity contribution in [3.63, 3.8) is 0 Å². The van der Waals surface area contributed by atoms with Crippen molar-refractivity contribution in [1.82, 2.24) is 9.97 Å². The van der Waals surface area contributed by atoms with Gasteiger partial charge in [0, 0.05) is 0 Å². The molecule has 1 aromatic heterocycles. The number of rotatable bonds is 4. The lowest BCUT2D eigenvalue weighted by Crippen LogP contribution is -2.26. The molecule has 1 fully saturated rings. The van der Waals surface area contributed by atoms with Crippen LogP contribution in [0.25, 0.3) is 11.0 Å². The van der Waals surface area contributed by atoms with E-state index in [-0.39, 0.29) is 17.3 Å². The molecule has 2 aromatic rings. The molecule has 0 unspecified atom stereocenters. The van der Waals surface area contributed by atoms with Crippen molar-refractivity contribution in [2.24, 2.45) is 0 Å². The highest BCUT2D eigenvalue weighted by Crippen LogP contribution is 2.39. The van der Waals surface area contributed by atoms with Gasteiger partial charge in [-0.3, -0.25) is 0 Å². The Morgan fingerprint density at radius 2 is 2.19 bits per heavy atom. The fraction of sp³-hybridized carbons (Fsp3) is 0.357. The predicted octanol–water partition coefficient (Wildman–Crippen LogP) is 2.01. The zero-order valence-electron chi connectivity index (χ0n) is 11.4. The normalized spacial score (nSPS) is 15.8. The molecule has 1 heterocycles. The maximum Gasteiger partial charge on any atom is 0.337 e. The van der Waals surface area contributed by atoms with Gasteiger partial charge in [-0.15, -0.1) is 0 Å². The third-order valence-corrected chi connectivity index (χ3v) is 3.85. The summed E-state index contributed by atoms with van der Waals surface area (Å²) in [6.07, 6.45) is 1.75. The topological polar surface area (TPSA) is 84.3 Å². The Hall–Kier alpha value is -1.92. The van der Waals surface area contributed by atoms with Crippen LogP contribution in [0.2, 0.25) is 5.15 Å². The predicted molar refractivity (Wildman–Crippen MR) is 78.6 cm³/mol. The first-order chi connectivity index (χ1) is 10.1. The minimum absolute atomic E-state index is 0.0321.